The van der Waals surface area contributed by atoms with E-state index in [0.29, 0.717) is 36.6 Å². The number of halogens is 2. The Bertz CT molecular complexity index is 731. The van der Waals surface area contributed by atoms with E-state index in [0.717, 1.165) is 0 Å². The van der Waals surface area contributed by atoms with Gasteiger partial charge in [0.15, 0.2) is 0 Å². The van der Waals surface area contributed by atoms with E-state index < -0.39 is 11.9 Å². The number of amides is 1. The number of carbonyl (C=O) groups excluding carboxylic acids is 1. The number of fused-ring (bicyclic) bond motifs is 1. The van der Waals surface area contributed by atoms with Crippen molar-refractivity contribution in [2.24, 2.45) is 11.6 Å². The Kier molecular flexibility index (Phi) is 3.36. The zero-order chi connectivity index (χ0) is 15.1. The number of nitrogens with two attached hydrogens (primary N) is 2. The first kappa shape index (κ1) is 13.9. The maximum atomic E-state index is 13.2. The summed E-state index contributed by atoms with van der Waals surface area (Å²) in [6.45, 7) is 1.50. The van der Waals surface area contributed by atoms with E-state index in [1.807, 2.05) is 0 Å². The number of carbonyl (C=O) groups is 1. The second kappa shape index (κ2) is 5.06. The number of hydrogen-bond donors (Lipinski definition) is 2. The van der Waals surface area contributed by atoms with Gasteiger partial charge in [0, 0.05) is 18.3 Å². The Hall–Kier alpha value is -2.03. The van der Waals surface area contributed by atoms with E-state index in [-0.39, 0.29) is 10.6 Å². The highest BCUT2D eigenvalue weighted by Gasteiger charge is 2.27. The molecule has 2 aromatic heterocycles. The third-order valence-corrected chi connectivity index (χ3v) is 3.59. The Balaban J connectivity index is 2.18. The standard InChI is InChI=1S/C12H12ClFN6O/c13-7-3-6(4-17-11(7)14)10-9(12(15)21)8-5-19(16)1-2-20(8)18-10/h3-4H,1-2,5,16H2,(H2,15,21). The monoisotopic (exact) mass is 310 g/mol. The van der Waals surface area contributed by atoms with E-state index in [9.17, 15) is 9.18 Å². The molecule has 2 aromatic rings. The van der Waals surface area contributed by atoms with Crippen molar-refractivity contribution in [3.8, 4) is 11.3 Å². The summed E-state index contributed by atoms with van der Waals surface area (Å²) < 4.78 is 14.8. The SMILES string of the molecule is NC(=O)c1c(-c2cnc(F)c(Cl)c2)nn2c1CN(N)CC2. The van der Waals surface area contributed by atoms with Crippen LogP contribution >= 0.6 is 11.6 Å². The molecule has 1 amide bonds. The molecular weight excluding hydrogens is 299 g/mol. The Morgan fingerprint density at radius 2 is 2.19 bits per heavy atom. The molecule has 0 fully saturated rings. The molecule has 0 radical (unpaired) electrons. The lowest BCUT2D eigenvalue weighted by atomic mass is 10.1. The van der Waals surface area contributed by atoms with Gasteiger partial charge in [-0.05, 0) is 6.07 Å². The molecule has 0 atom stereocenters. The predicted molar refractivity (Wildman–Crippen MR) is 73.5 cm³/mol. The minimum Gasteiger partial charge on any atom is -0.365 e. The number of hydrazine groups is 1. The van der Waals surface area contributed by atoms with Gasteiger partial charge in [-0.3, -0.25) is 15.3 Å². The number of aromatic nitrogens is 3. The fourth-order valence-corrected chi connectivity index (χ4v) is 2.52. The summed E-state index contributed by atoms with van der Waals surface area (Å²) >= 11 is 5.73. The van der Waals surface area contributed by atoms with E-state index in [4.69, 9.17) is 23.2 Å². The van der Waals surface area contributed by atoms with Crippen LogP contribution in [0.25, 0.3) is 11.3 Å². The van der Waals surface area contributed by atoms with Gasteiger partial charge in [0.2, 0.25) is 5.95 Å². The number of primary amides is 1. The molecule has 1 aliphatic heterocycles. The third-order valence-electron chi connectivity index (χ3n) is 3.33. The average molecular weight is 311 g/mol. The molecule has 0 spiro atoms. The van der Waals surface area contributed by atoms with Crippen LogP contribution in [0.15, 0.2) is 12.3 Å². The van der Waals surface area contributed by atoms with Crippen molar-refractivity contribution in [3.63, 3.8) is 0 Å². The summed E-state index contributed by atoms with van der Waals surface area (Å²) in [6.07, 6.45) is 1.27. The Labute approximate surface area is 124 Å². The molecule has 0 unspecified atom stereocenters. The fourth-order valence-electron chi connectivity index (χ4n) is 2.35. The normalized spacial score (nSPS) is 15.0. The van der Waals surface area contributed by atoms with Crippen LogP contribution in [-0.4, -0.2) is 32.2 Å². The largest absolute Gasteiger partial charge is 0.365 e. The molecule has 0 aromatic carbocycles. The van der Waals surface area contributed by atoms with Crippen LogP contribution < -0.4 is 11.6 Å². The van der Waals surface area contributed by atoms with E-state index >= 15 is 0 Å². The van der Waals surface area contributed by atoms with Gasteiger partial charge in [0.25, 0.3) is 5.91 Å². The fraction of sp³-hybridized carbons (Fsp3) is 0.250. The number of pyridine rings is 1. The summed E-state index contributed by atoms with van der Waals surface area (Å²) in [5.74, 6) is 4.36. The number of rotatable bonds is 2. The first-order valence-corrected chi connectivity index (χ1v) is 6.55. The molecule has 0 saturated heterocycles. The minimum atomic E-state index is -0.779. The quantitative estimate of drug-likeness (QED) is 0.622. The summed E-state index contributed by atoms with van der Waals surface area (Å²) in [7, 11) is 0. The van der Waals surface area contributed by atoms with Crippen molar-refractivity contribution in [1.29, 1.82) is 0 Å². The summed E-state index contributed by atoms with van der Waals surface area (Å²) in [5, 5.41) is 5.79. The molecule has 9 heteroatoms. The second-order valence-corrected chi connectivity index (χ2v) is 5.13. The minimum absolute atomic E-state index is 0.144. The molecule has 3 rings (SSSR count). The summed E-state index contributed by atoms with van der Waals surface area (Å²) in [4.78, 5) is 15.3. The molecule has 4 N–H and O–H groups in total. The molecule has 7 nitrogen and oxygen atoms in total. The van der Waals surface area contributed by atoms with Crippen molar-refractivity contribution < 1.29 is 9.18 Å². The van der Waals surface area contributed by atoms with Crippen LogP contribution in [0.4, 0.5) is 4.39 Å². The molecule has 0 bridgehead atoms. The lowest BCUT2D eigenvalue weighted by molar-refractivity contribution is 0.0997. The zero-order valence-electron chi connectivity index (χ0n) is 10.9. The van der Waals surface area contributed by atoms with Gasteiger partial charge >= 0.3 is 0 Å². The molecule has 110 valence electrons. The topological polar surface area (TPSA) is 103 Å². The molecule has 1 aliphatic rings. The maximum Gasteiger partial charge on any atom is 0.252 e. The maximum absolute atomic E-state index is 13.2. The van der Waals surface area contributed by atoms with Gasteiger partial charge in [0.1, 0.15) is 5.69 Å². The van der Waals surface area contributed by atoms with Crippen molar-refractivity contribution in [3.05, 3.63) is 34.5 Å². The summed E-state index contributed by atoms with van der Waals surface area (Å²) in [5.41, 5.74) is 7.11. The average Bonchev–Trinajstić information content (AvgIpc) is 2.80. The number of hydrogen-bond acceptors (Lipinski definition) is 5. The molecule has 3 heterocycles. The van der Waals surface area contributed by atoms with Gasteiger partial charge in [0.05, 0.1) is 29.4 Å². The van der Waals surface area contributed by atoms with Gasteiger partial charge < -0.3 is 5.73 Å². The van der Waals surface area contributed by atoms with Gasteiger partial charge in [-0.25, -0.2) is 9.99 Å². The molecule has 0 aliphatic carbocycles. The highest BCUT2D eigenvalue weighted by atomic mass is 35.5. The van der Waals surface area contributed by atoms with Crippen molar-refractivity contribution in [2.75, 3.05) is 6.54 Å². The highest BCUT2D eigenvalue weighted by Crippen LogP contribution is 2.29. The van der Waals surface area contributed by atoms with Crippen molar-refractivity contribution in [1.82, 2.24) is 19.8 Å². The van der Waals surface area contributed by atoms with E-state index in [1.54, 1.807) is 9.69 Å². The van der Waals surface area contributed by atoms with E-state index in [1.165, 1.54) is 12.3 Å². The van der Waals surface area contributed by atoms with Gasteiger partial charge in [-0.2, -0.15) is 9.49 Å². The lowest BCUT2D eigenvalue weighted by Gasteiger charge is -2.23. The predicted octanol–water partition coefficient (Wildman–Crippen LogP) is 0.526. The zero-order valence-corrected chi connectivity index (χ0v) is 11.6. The van der Waals surface area contributed by atoms with Crippen LogP contribution in [0.1, 0.15) is 16.1 Å². The van der Waals surface area contributed by atoms with Crippen molar-refractivity contribution in [2.45, 2.75) is 13.1 Å². The summed E-state index contributed by atoms with van der Waals surface area (Å²) in [6, 6.07) is 1.37. The third kappa shape index (κ3) is 2.37. The van der Waals surface area contributed by atoms with Crippen LogP contribution in [0.5, 0.6) is 0 Å². The van der Waals surface area contributed by atoms with Crippen LogP contribution in [-0.2, 0) is 13.1 Å². The first-order chi connectivity index (χ1) is 9.97. The molecular formula is C12H12ClFN6O. The van der Waals surface area contributed by atoms with Gasteiger partial charge in [-0.15, -0.1) is 0 Å². The van der Waals surface area contributed by atoms with Crippen LogP contribution in [0.3, 0.4) is 0 Å². The van der Waals surface area contributed by atoms with E-state index in [2.05, 4.69) is 10.1 Å². The smallest absolute Gasteiger partial charge is 0.252 e. The Morgan fingerprint density at radius 3 is 2.86 bits per heavy atom. The first-order valence-electron chi connectivity index (χ1n) is 6.18. The van der Waals surface area contributed by atoms with Gasteiger partial charge in [-0.1, -0.05) is 11.6 Å². The molecule has 0 saturated carbocycles. The van der Waals surface area contributed by atoms with Crippen LogP contribution in [0.2, 0.25) is 5.02 Å². The lowest BCUT2D eigenvalue weighted by Crippen LogP contribution is -2.39. The van der Waals surface area contributed by atoms with Crippen LogP contribution in [0, 0.1) is 5.95 Å². The Morgan fingerprint density at radius 1 is 1.43 bits per heavy atom. The molecule has 21 heavy (non-hydrogen) atoms. The highest BCUT2D eigenvalue weighted by molar-refractivity contribution is 6.30. The number of nitrogens with zero attached hydrogens (tertiary/aromatic N) is 4. The van der Waals surface area contributed by atoms with Crippen molar-refractivity contribution >= 4 is 17.5 Å². The second-order valence-electron chi connectivity index (χ2n) is 4.72.